The predicted molar refractivity (Wildman–Crippen MR) is 160 cm³/mol. The predicted octanol–water partition coefficient (Wildman–Crippen LogP) is -0.0643. The molecule has 0 aromatic rings. The van der Waals surface area contributed by atoms with Gasteiger partial charge in [0.25, 0.3) is 0 Å². The summed E-state index contributed by atoms with van der Waals surface area (Å²) in [7, 11) is 0. The van der Waals surface area contributed by atoms with Crippen molar-refractivity contribution in [2.24, 2.45) is 23.0 Å². The zero-order valence-electron chi connectivity index (χ0n) is 25.7. The highest BCUT2D eigenvalue weighted by Gasteiger charge is 2.45. The second-order valence-corrected chi connectivity index (χ2v) is 12.1. The van der Waals surface area contributed by atoms with E-state index in [4.69, 9.17) is 5.73 Å². The lowest BCUT2D eigenvalue weighted by atomic mass is 9.71. The van der Waals surface area contributed by atoms with Crippen molar-refractivity contribution < 1.29 is 43.8 Å². The number of nitrogens with zero attached hydrogens (tertiary/aromatic N) is 1. The average Bonchev–Trinajstić information content (AvgIpc) is 3.42. The Morgan fingerprint density at radius 1 is 1.00 bits per heavy atom. The number of rotatable bonds is 17. The highest BCUT2D eigenvalue weighted by atomic mass is 32.1. The first-order valence-electron chi connectivity index (χ1n) is 14.5. The summed E-state index contributed by atoms with van der Waals surface area (Å²) in [6.45, 7) is 10.2. The molecular formula is C28H47N5O9S. The van der Waals surface area contributed by atoms with E-state index in [1.165, 1.54) is 11.8 Å². The van der Waals surface area contributed by atoms with Gasteiger partial charge in [-0.05, 0) is 31.6 Å². The first-order chi connectivity index (χ1) is 19.9. The fourth-order valence-corrected chi connectivity index (χ4v) is 5.14. The summed E-state index contributed by atoms with van der Waals surface area (Å²) >= 11 is 3.96. The number of nitrogens with two attached hydrogens (primary N) is 1. The molecule has 0 saturated carbocycles. The lowest BCUT2D eigenvalue weighted by Crippen LogP contribution is -2.59. The van der Waals surface area contributed by atoms with E-state index in [1.54, 1.807) is 27.7 Å². The fraction of sp³-hybridized carbons (Fsp3) is 0.750. The van der Waals surface area contributed by atoms with Crippen molar-refractivity contribution in [3.05, 3.63) is 0 Å². The van der Waals surface area contributed by atoms with Gasteiger partial charge < -0.3 is 36.8 Å². The van der Waals surface area contributed by atoms with Crippen LogP contribution in [0.1, 0.15) is 73.6 Å². The first kappa shape index (κ1) is 37.8. The van der Waals surface area contributed by atoms with Gasteiger partial charge in [-0.2, -0.15) is 12.6 Å². The van der Waals surface area contributed by atoms with Gasteiger partial charge >= 0.3 is 11.9 Å². The molecule has 14 nitrogen and oxygen atoms in total. The lowest BCUT2D eigenvalue weighted by Gasteiger charge is -2.37. The van der Waals surface area contributed by atoms with Crippen molar-refractivity contribution in [2.75, 3.05) is 12.3 Å². The molecule has 0 aromatic heterocycles. The quantitative estimate of drug-likeness (QED) is 0.106. The number of Topliss-reactive ketones (excluding diaryl/α,β-unsaturated/α-hetero) is 1. The zero-order valence-corrected chi connectivity index (χ0v) is 26.6. The maximum atomic E-state index is 13.9. The van der Waals surface area contributed by atoms with Gasteiger partial charge in [-0.1, -0.05) is 41.0 Å². The number of ketones is 1. The Morgan fingerprint density at radius 3 is 2.07 bits per heavy atom. The Balaban J connectivity index is 3.26. The smallest absolute Gasteiger partial charge is 0.327 e. The summed E-state index contributed by atoms with van der Waals surface area (Å²) in [6, 6.07) is -5.64. The number of aliphatic carboxylic acids is 2. The first-order valence-corrected chi connectivity index (χ1v) is 15.1. The van der Waals surface area contributed by atoms with E-state index in [9.17, 15) is 43.8 Å². The molecule has 15 heteroatoms. The molecule has 43 heavy (non-hydrogen) atoms. The molecule has 0 unspecified atom stereocenters. The number of amides is 4. The van der Waals surface area contributed by atoms with Crippen molar-refractivity contribution in [1.82, 2.24) is 20.9 Å². The summed E-state index contributed by atoms with van der Waals surface area (Å²) in [4.78, 5) is 90.2. The maximum Gasteiger partial charge on any atom is 0.327 e. The Kier molecular flexibility index (Phi) is 14.6. The van der Waals surface area contributed by atoms with Crippen LogP contribution < -0.4 is 21.7 Å². The van der Waals surface area contributed by atoms with Crippen LogP contribution in [0.4, 0.5) is 0 Å². The van der Waals surface area contributed by atoms with E-state index in [1.807, 2.05) is 6.92 Å². The van der Waals surface area contributed by atoms with Crippen molar-refractivity contribution in [3.8, 4) is 0 Å². The molecule has 1 rings (SSSR count). The summed E-state index contributed by atoms with van der Waals surface area (Å²) < 4.78 is 0. The number of likely N-dealkylation sites (tertiary alicyclic amines) is 1. The number of hydrogen-bond donors (Lipinski definition) is 7. The van der Waals surface area contributed by atoms with E-state index in [0.717, 1.165) is 0 Å². The van der Waals surface area contributed by atoms with E-state index < -0.39 is 102 Å². The number of carbonyl (C=O) groups is 7. The molecule has 0 bridgehead atoms. The van der Waals surface area contributed by atoms with Crippen molar-refractivity contribution in [2.45, 2.75) is 104 Å². The van der Waals surface area contributed by atoms with E-state index in [2.05, 4.69) is 28.6 Å². The highest BCUT2D eigenvalue weighted by molar-refractivity contribution is 7.80. The van der Waals surface area contributed by atoms with Gasteiger partial charge in [0.1, 0.15) is 18.1 Å². The molecule has 0 aromatic carbocycles. The maximum absolute atomic E-state index is 13.9. The Hall–Kier alpha value is -3.20. The van der Waals surface area contributed by atoms with Gasteiger partial charge in [0.2, 0.25) is 23.6 Å². The van der Waals surface area contributed by atoms with Crippen molar-refractivity contribution in [1.29, 1.82) is 0 Å². The molecule has 1 heterocycles. The number of thiol groups is 1. The van der Waals surface area contributed by atoms with Crippen LogP contribution in [-0.4, -0.2) is 99.0 Å². The number of carboxylic acid groups (broad SMARTS) is 2. The van der Waals surface area contributed by atoms with Crippen LogP contribution in [-0.2, 0) is 33.6 Å². The minimum absolute atomic E-state index is 0.137. The zero-order chi connectivity index (χ0) is 33.2. The van der Waals surface area contributed by atoms with Crippen LogP contribution in [0, 0.1) is 17.3 Å². The molecule has 0 radical (unpaired) electrons. The van der Waals surface area contributed by atoms with Gasteiger partial charge in [-0.25, -0.2) is 4.79 Å². The lowest BCUT2D eigenvalue weighted by molar-refractivity contribution is -0.147. The molecule has 0 aliphatic carbocycles. The minimum Gasteiger partial charge on any atom is -0.481 e. The standard InChI is InChI=1S/C28H47N5O9S/c1-7-15(4)28(6,12-20(34)17(11-21(35)36)30-23(37)16(5)29)27(42)32-22(14(2)3)25(39)33-10-8-9-19(33)24(38)31-18(13-43)26(40)41/h14-19,22,43H,7-13,29H2,1-6H3,(H,30,37)(H,31,38)(H,32,42)(H,35,36)(H,40,41)/t15-,16-,17-,18-,19-,22-,28-/m0/s1. The third kappa shape index (κ3) is 10.2. The van der Waals surface area contributed by atoms with E-state index in [0.29, 0.717) is 19.3 Å². The van der Waals surface area contributed by atoms with E-state index in [-0.39, 0.29) is 12.3 Å². The molecule has 244 valence electrons. The number of carboxylic acids is 2. The number of carbonyl (C=O) groups excluding carboxylic acids is 5. The SMILES string of the molecule is CC[C@H](C)[C@](C)(CC(=O)[C@H](CC(=O)O)NC(=O)[C@H](C)N)C(=O)N[C@H](C(=O)N1CCC[C@H]1C(=O)N[C@@H](CS)C(=O)O)C(C)C. The molecule has 4 amide bonds. The summed E-state index contributed by atoms with van der Waals surface area (Å²) in [5.74, 6) is -6.69. The second kappa shape index (κ2) is 16.6. The summed E-state index contributed by atoms with van der Waals surface area (Å²) in [5, 5.41) is 26.1. The van der Waals surface area contributed by atoms with Crippen LogP contribution in [0.2, 0.25) is 0 Å². The van der Waals surface area contributed by atoms with Crippen LogP contribution >= 0.6 is 12.6 Å². The molecule has 0 spiro atoms. The van der Waals surface area contributed by atoms with Gasteiger partial charge in [0.15, 0.2) is 5.78 Å². The third-order valence-corrected chi connectivity index (χ3v) is 8.48. The fourth-order valence-electron chi connectivity index (χ4n) is 4.89. The van der Waals surface area contributed by atoms with Crippen molar-refractivity contribution in [3.63, 3.8) is 0 Å². The van der Waals surface area contributed by atoms with Crippen LogP contribution in [0.3, 0.4) is 0 Å². The number of nitrogens with one attached hydrogen (secondary N) is 3. The molecule has 1 fully saturated rings. The molecule has 1 saturated heterocycles. The highest BCUT2D eigenvalue weighted by Crippen LogP contribution is 2.35. The van der Waals surface area contributed by atoms with Gasteiger partial charge in [0, 0.05) is 18.7 Å². The third-order valence-electron chi connectivity index (χ3n) is 8.11. The molecular weight excluding hydrogens is 582 g/mol. The molecule has 7 N–H and O–H groups in total. The van der Waals surface area contributed by atoms with Gasteiger partial charge in [-0.3, -0.25) is 28.8 Å². The van der Waals surface area contributed by atoms with Gasteiger partial charge in [-0.15, -0.1) is 0 Å². The molecule has 1 aliphatic rings. The summed E-state index contributed by atoms with van der Waals surface area (Å²) in [6.07, 6.45) is 0.165. The van der Waals surface area contributed by atoms with E-state index >= 15 is 0 Å². The minimum atomic E-state index is -1.41. The summed E-state index contributed by atoms with van der Waals surface area (Å²) in [5.41, 5.74) is 4.18. The largest absolute Gasteiger partial charge is 0.481 e. The Labute approximate surface area is 257 Å². The van der Waals surface area contributed by atoms with Crippen LogP contribution in [0.5, 0.6) is 0 Å². The Bertz CT molecular complexity index is 1070. The Morgan fingerprint density at radius 2 is 1.60 bits per heavy atom. The second-order valence-electron chi connectivity index (χ2n) is 11.8. The number of hydrogen-bond acceptors (Lipinski definition) is 9. The van der Waals surface area contributed by atoms with Crippen LogP contribution in [0.15, 0.2) is 0 Å². The average molecular weight is 630 g/mol. The van der Waals surface area contributed by atoms with Crippen molar-refractivity contribution >= 4 is 54.0 Å². The topological polar surface area (TPSA) is 225 Å². The molecule has 7 atom stereocenters. The molecule has 1 aliphatic heterocycles. The van der Waals surface area contributed by atoms with Gasteiger partial charge in [0.05, 0.1) is 23.9 Å². The monoisotopic (exact) mass is 629 g/mol. The van der Waals surface area contributed by atoms with Crippen LogP contribution in [0.25, 0.3) is 0 Å². The normalized spacial score (nSPS) is 19.7.